The van der Waals surface area contributed by atoms with E-state index in [2.05, 4.69) is 6.08 Å². The predicted molar refractivity (Wildman–Crippen MR) is 88.1 cm³/mol. The van der Waals surface area contributed by atoms with Gasteiger partial charge < -0.3 is 10.2 Å². The van der Waals surface area contributed by atoms with E-state index in [9.17, 15) is 14.6 Å². The van der Waals surface area contributed by atoms with Crippen molar-refractivity contribution in [1.82, 2.24) is 0 Å². The Morgan fingerprint density at radius 1 is 1.14 bits per heavy atom. The summed E-state index contributed by atoms with van der Waals surface area (Å²) in [5, 5.41) is 18.4. The van der Waals surface area contributed by atoms with Gasteiger partial charge in [-0.25, -0.2) is 4.39 Å². The van der Waals surface area contributed by atoms with Gasteiger partial charge in [0.15, 0.2) is 0 Å². The molecule has 0 fully saturated rings. The maximum Gasteiger partial charge on any atom is 0.134 e. The highest BCUT2D eigenvalue weighted by molar-refractivity contribution is 5.67. The Labute approximate surface area is 130 Å². The van der Waals surface area contributed by atoms with Gasteiger partial charge in [-0.05, 0) is 49.4 Å². The Kier molecular flexibility index (Phi) is 5.73. The fourth-order valence-corrected chi connectivity index (χ4v) is 2.26. The molecule has 0 radical (unpaired) electrons. The molecule has 0 aliphatic heterocycles. The van der Waals surface area contributed by atoms with Crippen molar-refractivity contribution in [3.63, 3.8) is 0 Å². The third-order valence-corrected chi connectivity index (χ3v) is 3.48. The Morgan fingerprint density at radius 3 is 2.50 bits per heavy atom. The second-order valence-electron chi connectivity index (χ2n) is 5.47. The van der Waals surface area contributed by atoms with Gasteiger partial charge in [-0.2, -0.15) is 0 Å². The Balaban J connectivity index is 1.99. The van der Waals surface area contributed by atoms with Gasteiger partial charge in [0.1, 0.15) is 11.6 Å². The summed E-state index contributed by atoms with van der Waals surface area (Å²) in [6, 6.07) is 11.8. The van der Waals surface area contributed by atoms with E-state index in [-0.39, 0.29) is 11.9 Å². The molecule has 116 valence electrons. The summed E-state index contributed by atoms with van der Waals surface area (Å²) in [4.78, 5) is 0. The van der Waals surface area contributed by atoms with Crippen molar-refractivity contribution in [2.24, 2.45) is 0 Å². The summed E-state index contributed by atoms with van der Waals surface area (Å²) in [7, 11) is 0. The number of allylic oxidation sites excluding steroid dienone is 1. The van der Waals surface area contributed by atoms with Crippen LogP contribution in [0.3, 0.4) is 0 Å². The van der Waals surface area contributed by atoms with Gasteiger partial charge in [0.05, 0.1) is 6.10 Å². The van der Waals surface area contributed by atoms with Gasteiger partial charge in [-0.3, -0.25) is 0 Å². The molecule has 0 saturated heterocycles. The number of benzene rings is 2. The van der Waals surface area contributed by atoms with Crippen LogP contribution in [0.4, 0.5) is 4.39 Å². The Hall–Kier alpha value is -2.13. The van der Waals surface area contributed by atoms with Gasteiger partial charge in [0.2, 0.25) is 0 Å². The van der Waals surface area contributed by atoms with E-state index in [4.69, 9.17) is 0 Å². The van der Waals surface area contributed by atoms with Crippen molar-refractivity contribution in [1.29, 1.82) is 0 Å². The molecule has 0 heterocycles. The van der Waals surface area contributed by atoms with Crippen molar-refractivity contribution in [2.45, 2.75) is 32.3 Å². The number of aliphatic hydroxyl groups excluding tert-OH is 1. The quantitative estimate of drug-likeness (QED) is 0.755. The topological polar surface area (TPSA) is 40.5 Å². The maximum absolute atomic E-state index is 13.8. The normalized spacial score (nSPS) is 12.7. The second-order valence-corrected chi connectivity index (χ2v) is 5.47. The lowest BCUT2D eigenvalue weighted by Crippen LogP contribution is -1.97. The summed E-state index contributed by atoms with van der Waals surface area (Å²) in [6.45, 7) is 1.80. The molecule has 2 aromatic rings. The minimum absolute atomic E-state index is 0.0713. The summed E-state index contributed by atoms with van der Waals surface area (Å²) in [5.74, 6) is -0.501. The first-order valence-electron chi connectivity index (χ1n) is 7.50. The minimum atomic E-state index is -0.429. The van der Waals surface area contributed by atoms with Gasteiger partial charge in [0.25, 0.3) is 0 Å². The molecule has 1 atom stereocenters. The first-order chi connectivity index (χ1) is 10.6. The van der Waals surface area contributed by atoms with Crippen molar-refractivity contribution < 1.29 is 14.6 Å². The fourth-order valence-electron chi connectivity index (χ4n) is 2.26. The molecule has 3 heteroatoms. The third-order valence-electron chi connectivity index (χ3n) is 3.48. The van der Waals surface area contributed by atoms with Crippen molar-refractivity contribution in [3.8, 4) is 16.9 Å². The number of aliphatic hydroxyl groups is 1. The Bertz CT molecular complexity index is 630. The first kappa shape index (κ1) is 16.2. The minimum Gasteiger partial charge on any atom is -0.508 e. The van der Waals surface area contributed by atoms with Crippen LogP contribution in [0.5, 0.6) is 5.75 Å². The van der Waals surface area contributed by atoms with Crippen LogP contribution in [-0.2, 0) is 0 Å². The van der Waals surface area contributed by atoms with Crippen LogP contribution in [0.2, 0.25) is 0 Å². The SMILES string of the molecule is CC(O)CCC/C=C/c1ccc(-c2ccc(O)cc2F)cc1. The average molecular weight is 300 g/mol. The van der Waals surface area contributed by atoms with Crippen LogP contribution in [0.15, 0.2) is 48.5 Å². The zero-order valence-electron chi connectivity index (χ0n) is 12.7. The van der Waals surface area contributed by atoms with Crippen molar-refractivity contribution in [3.05, 3.63) is 59.9 Å². The highest BCUT2D eigenvalue weighted by Gasteiger charge is 2.05. The third kappa shape index (κ3) is 4.71. The van der Waals surface area contributed by atoms with Crippen molar-refractivity contribution in [2.75, 3.05) is 0 Å². The molecule has 0 saturated carbocycles. The van der Waals surface area contributed by atoms with Gasteiger partial charge in [-0.15, -0.1) is 0 Å². The zero-order valence-corrected chi connectivity index (χ0v) is 12.7. The van der Waals surface area contributed by atoms with Crippen LogP contribution in [0, 0.1) is 5.82 Å². The Morgan fingerprint density at radius 2 is 1.86 bits per heavy atom. The molecule has 2 aromatic carbocycles. The smallest absolute Gasteiger partial charge is 0.134 e. The number of phenolic OH excluding ortho intramolecular Hbond substituents is 1. The lowest BCUT2D eigenvalue weighted by Gasteiger charge is -2.04. The predicted octanol–water partition coefficient (Wildman–Crippen LogP) is 4.76. The summed E-state index contributed by atoms with van der Waals surface area (Å²) in [5.41, 5.74) is 2.31. The molecule has 0 bridgehead atoms. The fraction of sp³-hybridized carbons (Fsp3) is 0.263. The summed E-state index contributed by atoms with van der Waals surface area (Å²) < 4.78 is 13.8. The highest BCUT2D eigenvalue weighted by atomic mass is 19.1. The first-order valence-corrected chi connectivity index (χ1v) is 7.50. The van der Waals surface area contributed by atoms with E-state index >= 15 is 0 Å². The van der Waals surface area contributed by atoms with E-state index in [1.165, 1.54) is 6.07 Å². The molecule has 22 heavy (non-hydrogen) atoms. The van der Waals surface area contributed by atoms with Crippen LogP contribution in [-0.4, -0.2) is 16.3 Å². The highest BCUT2D eigenvalue weighted by Crippen LogP contribution is 2.26. The molecule has 2 rings (SSSR count). The molecule has 1 unspecified atom stereocenters. The molecule has 2 nitrogen and oxygen atoms in total. The summed E-state index contributed by atoms with van der Waals surface area (Å²) >= 11 is 0. The van der Waals surface area contributed by atoms with Crippen LogP contribution < -0.4 is 0 Å². The molecular formula is C19H21FO2. The van der Waals surface area contributed by atoms with E-state index < -0.39 is 5.82 Å². The van der Waals surface area contributed by atoms with E-state index in [0.717, 1.165) is 36.5 Å². The summed E-state index contributed by atoms with van der Waals surface area (Å²) in [6.07, 6.45) is 6.57. The second kappa shape index (κ2) is 7.76. The molecule has 0 spiro atoms. The lowest BCUT2D eigenvalue weighted by molar-refractivity contribution is 0.182. The van der Waals surface area contributed by atoms with Gasteiger partial charge >= 0.3 is 0 Å². The number of halogens is 1. The number of unbranched alkanes of at least 4 members (excludes halogenated alkanes) is 1. The van der Waals surface area contributed by atoms with E-state index in [0.29, 0.717) is 5.56 Å². The monoisotopic (exact) mass is 300 g/mol. The van der Waals surface area contributed by atoms with Crippen LogP contribution in [0.25, 0.3) is 17.2 Å². The number of hydrogen-bond acceptors (Lipinski definition) is 2. The molecule has 0 aromatic heterocycles. The van der Waals surface area contributed by atoms with Crippen molar-refractivity contribution >= 4 is 6.08 Å². The van der Waals surface area contributed by atoms with Gasteiger partial charge in [-0.1, -0.05) is 36.4 Å². The van der Waals surface area contributed by atoms with E-state index in [1.807, 2.05) is 30.3 Å². The largest absolute Gasteiger partial charge is 0.508 e. The maximum atomic E-state index is 13.8. The average Bonchev–Trinajstić information content (AvgIpc) is 2.47. The molecule has 2 N–H and O–H groups in total. The number of hydrogen-bond donors (Lipinski definition) is 2. The molecule has 0 amide bonds. The van der Waals surface area contributed by atoms with Crippen LogP contribution in [0.1, 0.15) is 31.7 Å². The molecular weight excluding hydrogens is 279 g/mol. The number of rotatable bonds is 6. The molecule has 0 aliphatic rings. The standard InChI is InChI=1S/C19H21FO2/c1-14(21)5-3-2-4-6-15-7-9-16(10-8-15)18-12-11-17(22)13-19(18)20/h4,6-14,21-22H,2-3,5H2,1H3/b6-4+. The zero-order chi connectivity index (χ0) is 15.9. The van der Waals surface area contributed by atoms with E-state index in [1.54, 1.807) is 13.0 Å². The lowest BCUT2D eigenvalue weighted by atomic mass is 10.0. The van der Waals surface area contributed by atoms with Gasteiger partial charge in [0, 0.05) is 11.6 Å². The number of aromatic hydroxyl groups is 1. The number of phenols is 1. The van der Waals surface area contributed by atoms with Crippen LogP contribution >= 0.6 is 0 Å². The molecule has 0 aliphatic carbocycles.